The van der Waals surface area contributed by atoms with Crippen molar-refractivity contribution in [2.45, 2.75) is 44.6 Å². The number of alkyl halides is 3. The first-order valence-electron chi connectivity index (χ1n) is 10.5. The Morgan fingerprint density at radius 3 is 2.72 bits per heavy atom. The van der Waals surface area contributed by atoms with Crippen molar-refractivity contribution in [2.75, 3.05) is 18.9 Å². The molecule has 0 radical (unpaired) electrons. The zero-order valence-electron chi connectivity index (χ0n) is 17.8. The molecule has 3 aromatic heterocycles. The third-order valence-electron chi connectivity index (χ3n) is 5.92. The van der Waals surface area contributed by atoms with Crippen LogP contribution in [0.1, 0.15) is 41.4 Å². The first-order chi connectivity index (χ1) is 15.3. The molecule has 3 N–H and O–H groups in total. The minimum Gasteiger partial charge on any atom is -0.381 e. The van der Waals surface area contributed by atoms with Crippen molar-refractivity contribution in [1.82, 2.24) is 25.2 Å². The zero-order chi connectivity index (χ0) is 22.9. The second kappa shape index (κ2) is 8.78. The summed E-state index contributed by atoms with van der Waals surface area (Å²) in [5.74, 6) is -0.205. The van der Waals surface area contributed by atoms with Crippen LogP contribution in [0.5, 0.6) is 0 Å². The van der Waals surface area contributed by atoms with E-state index >= 15 is 0 Å². The SMILES string of the molecule is CNC(=O)c1cnc2[nH]ccc2c1N[C@H]1CCN(Cc2ccc(C(F)(F)F)nc2)[C@@H](C)C1. The van der Waals surface area contributed by atoms with E-state index in [0.717, 1.165) is 42.1 Å². The number of anilines is 1. The van der Waals surface area contributed by atoms with Crippen molar-refractivity contribution in [3.8, 4) is 0 Å². The predicted octanol–water partition coefficient (Wildman–Crippen LogP) is 3.80. The molecule has 0 bridgehead atoms. The number of aromatic amines is 1. The van der Waals surface area contributed by atoms with Gasteiger partial charge in [0.05, 0.1) is 11.3 Å². The second-order valence-corrected chi connectivity index (χ2v) is 8.10. The maximum absolute atomic E-state index is 12.7. The van der Waals surface area contributed by atoms with E-state index in [9.17, 15) is 18.0 Å². The van der Waals surface area contributed by atoms with Crippen LogP contribution < -0.4 is 10.6 Å². The van der Waals surface area contributed by atoms with E-state index in [4.69, 9.17) is 0 Å². The second-order valence-electron chi connectivity index (χ2n) is 8.10. The summed E-state index contributed by atoms with van der Waals surface area (Å²) in [5.41, 5.74) is 1.83. The normalized spacial score (nSPS) is 19.8. The molecule has 4 heterocycles. The van der Waals surface area contributed by atoms with Gasteiger partial charge in [0.15, 0.2) is 0 Å². The van der Waals surface area contributed by atoms with Crippen molar-refractivity contribution < 1.29 is 18.0 Å². The van der Waals surface area contributed by atoms with E-state index in [0.29, 0.717) is 17.8 Å². The van der Waals surface area contributed by atoms with Gasteiger partial charge in [0.2, 0.25) is 0 Å². The van der Waals surface area contributed by atoms with Crippen LogP contribution in [-0.2, 0) is 12.7 Å². The number of halogens is 3. The first kappa shape index (κ1) is 22.1. The molecule has 1 saturated heterocycles. The Kier molecular flexibility index (Phi) is 6.05. The van der Waals surface area contributed by atoms with Gasteiger partial charge in [0.25, 0.3) is 5.91 Å². The zero-order valence-corrected chi connectivity index (χ0v) is 17.8. The van der Waals surface area contributed by atoms with Crippen molar-refractivity contribution in [1.29, 1.82) is 0 Å². The Labute approximate surface area is 183 Å². The molecule has 0 aliphatic carbocycles. The molecule has 0 saturated carbocycles. The molecule has 32 heavy (non-hydrogen) atoms. The minimum atomic E-state index is -4.43. The van der Waals surface area contributed by atoms with Crippen LogP contribution >= 0.6 is 0 Å². The molecule has 0 aromatic carbocycles. The molecule has 0 spiro atoms. The number of nitrogens with one attached hydrogen (secondary N) is 3. The first-order valence-corrected chi connectivity index (χ1v) is 10.5. The molecule has 10 heteroatoms. The van der Waals surface area contributed by atoms with Crippen molar-refractivity contribution >= 4 is 22.6 Å². The van der Waals surface area contributed by atoms with Gasteiger partial charge in [-0.1, -0.05) is 6.07 Å². The topological polar surface area (TPSA) is 85.9 Å². The summed E-state index contributed by atoms with van der Waals surface area (Å²) in [6.07, 6.45) is 1.89. The average molecular weight is 446 g/mol. The molecule has 1 fully saturated rings. The number of pyridine rings is 2. The molecule has 2 atom stereocenters. The Morgan fingerprint density at radius 2 is 2.06 bits per heavy atom. The summed E-state index contributed by atoms with van der Waals surface area (Å²) in [4.78, 5) is 25.5. The maximum atomic E-state index is 12.7. The van der Waals surface area contributed by atoms with Crippen LogP contribution in [0.15, 0.2) is 36.8 Å². The highest BCUT2D eigenvalue weighted by atomic mass is 19.4. The number of amides is 1. The van der Waals surface area contributed by atoms with Crippen LogP contribution in [0.3, 0.4) is 0 Å². The van der Waals surface area contributed by atoms with Gasteiger partial charge < -0.3 is 15.6 Å². The number of nitrogens with zero attached hydrogens (tertiary/aromatic N) is 3. The van der Waals surface area contributed by atoms with Gasteiger partial charge in [-0.3, -0.25) is 14.7 Å². The monoisotopic (exact) mass is 446 g/mol. The van der Waals surface area contributed by atoms with Gasteiger partial charge in [-0.05, 0) is 37.5 Å². The number of H-pyrrole nitrogens is 1. The lowest BCUT2D eigenvalue weighted by molar-refractivity contribution is -0.141. The number of carbonyl (C=O) groups excluding carboxylic acids is 1. The lowest BCUT2D eigenvalue weighted by atomic mass is 9.96. The van der Waals surface area contributed by atoms with Gasteiger partial charge in [0.1, 0.15) is 11.3 Å². The molecule has 4 rings (SSSR count). The molecule has 3 aromatic rings. The van der Waals surface area contributed by atoms with Gasteiger partial charge in [0, 0.05) is 56.2 Å². The summed E-state index contributed by atoms with van der Waals surface area (Å²) in [6, 6.07) is 4.77. The van der Waals surface area contributed by atoms with Crippen LogP contribution in [0.4, 0.5) is 18.9 Å². The third-order valence-corrected chi connectivity index (χ3v) is 5.92. The number of rotatable bonds is 5. The summed E-state index contributed by atoms with van der Waals surface area (Å²) in [6.45, 7) is 3.42. The van der Waals surface area contributed by atoms with Crippen LogP contribution in [0, 0.1) is 0 Å². The quantitative estimate of drug-likeness (QED) is 0.555. The van der Waals surface area contributed by atoms with E-state index in [1.165, 1.54) is 12.3 Å². The Hall–Kier alpha value is -3.14. The highest BCUT2D eigenvalue weighted by Crippen LogP contribution is 2.30. The highest BCUT2D eigenvalue weighted by Gasteiger charge is 2.32. The lowest BCUT2D eigenvalue weighted by Crippen LogP contribution is -2.44. The summed E-state index contributed by atoms with van der Waals surface area (Å²) in [5, 5.41) is 7.06. The standard InChI is InChI=1S/C22H25F3N6O/c1-13-9-15(6-8-31(13)12-14-3-4-18(28-10-14)22(23,24)25)30-19-16-5-7-27-20(16)29-11-17(19)21(32)26-2/h3-5,7,10-11,13,15H,6,8-9,12H2,1-2H3,(H,26,32)(H2,27,29,30)/t13-,15-/m0/s1. The van der Waals surface area contributed by atoms with E-state index < -0.39 is 11.9 Å². The number of piperidine rings is 1. The van der Waals surface area contributed by atoms with Gasteiger partial charge in [-0.15, -0.1) is 0 Å². The third kappa shape index (κ3) is 4.55. The van der Waals surface area contributed by atoms with Crippen molar-refractivity contribution in [3.05, 3.63) is 53.6 Å². The summed E-state index contributed by atoms with van der Waals surface area (Å²) >= 11 is 0. The lowest BCUT2D eigenvalue weighted by Gasteiger charge is -2.38. The highest BCUT2D eigenvalue weighted by molar-refractivity contribution is 6.06. The summed E-state index contributed by atoms with van der Waals surface area (Å²) in [7, 11) is 1.59. The maximum Gasteiger partial charge on any atom is 0.433 e. The molecule has 170 valence electrons. The predicted molar refractivity (Wildman–Crippen MR) is 115 cm³/mol. The van der Waals surface area contributed by atoms with Gasteiger partial charge >= 0.3 is 6.18 Å². The summed E-state index contributed by atoms with van der Waals surface area (Å²) < 4.78 is 38.2. The number of hydrogen-bond donors (Lipinski definition) is 3. The number of carbonyl (C=O) groups is 1. The van der Waals surface area contributed by atoms with Crippen molar-refractivity contribution in [2.24, 2.45) is 0 Å². The van der Waals surface area contributed by atoms with E-state index in [-0.39, 0.29) is 18.0 Å². The van der Waals surface area contributed by atoms with Gasteiger partial charge in [-0.25, -0.2) is 4.98 Å². The Balaban J connectivity index is 1.44. The smallest absolute Gasteiger partial charge is 0.381 e. The Bertz CT molecular complexity index is 1100. The molecule has 1 aliphatic heterocycles. The van der Waals surface area contributed by atoms with Crippen LogP contribution in [0.2, 0.25) is 0 Å². The molecule has 1 amide bonds. The molecular formula is C22H25F3N6O. The molecular weight excluding hydrogens is 421 g/mol. The van der Waals surface area contributed by atoms with Crippen molar-refractivity contribution in [3.63, 3.8) is 0 Å². The number of hydrogen-bond acceptors (Lipinski definition) is 5. The molecule has 7 nitrogen and oxygen atoms in total. The van der Waals surface area contributed by atoms with E-state index in [1.54, 1.807) is 19.4 Å². The number of aromatic nitrogens is 3. The van der Waals surface area contributed by atoms with E-state index in [1.807, 2.05) is 6.07 Å². The number of likely N-dealkylation sites (tertiary alicyclic amines) is 1. The van der Waals surface area contributed by atoms with Crippen LogP contribution in [-0.4, -0.2) is 51.4 Å². The van der Waals surface area contributed by atoms with Crippen LogP contribution in [0.25, 0.3) is 11.0 Å². The molecule has 0 unspecified atom stereocenters. The largest absolute Gasteiger partial charge is 0.433 e. The number of fused-ring (bicyclic) bond motifs is 1. The fourth-order valence-corrected chi connectivity index (χ4v) is 4.18. The fraction of sp³-hybridized carbons (Fsp3) is 0.409. The average Bonchev–Trinajstić information content (AvgIpc) is 3.24. The van der Waals surface area contributed by atoms with E-state index in [2.05, 4.69) is 37.4 Å². The minimum absolute atomic E-state index is 0.149. The Morgan fingerprint density at radius 1 is 1.25 bits per heavy atom. The van der Waals surface area contributed by atoms with Gasteiger partial charge in [-0.2, -0.15) is 13.2 Å². The molecule has 1 aliphatic rings. The fourth-order valence-electron chi connectivity index (χ4n) is 4.18.